The molecule has 0 aliphatic rings. The third-order valence-corrected chi connectivity index (χ3v) is 6.98. The Balaban J connectivity index is 0. The highest BCUT2D eigenvalue weighted by atomic mass is 16.2. The normalized spacial score (nSPS) is 13.4. The average molecular weight is 483 g/mol. The lowest BCUT2D eigenvalue weighted by atomic mass is 9.96. The van der Waals surface area contributed by atoms with Crippen molar-refractivity contribution in [2.45, 2.75) is 151 Å². The molecule has 2 amide bonds. The Bertz CT molecular complexity index is 453. The van der Waals surface area contributed by atoms with Crippen LogP contribution in [0.5, 0.6) is 0 Å². The zero-order valence-electron chi connectivity index (χ0n) is 24.3. The Morgan fingerprint density at radius 3 is 1.44 bits per heavy atom. The van der Waals surface area contributed by atoms with Crippen molar-refractivity contribution in [2.24, 2.45) is 17.8 Å². The summed E-state index contributed by atoms with van der Waals surface area (Å²) in [6.45, 7) is 17.0. The third kappa shape index (κ3) is 20.3. The molecule has 3 atom stereocenters. The number of amides is 2. The summed E-state index contributed by atoms with van der Waals surface area (Å²) in [6.07, 6.45) is 18.6. The molecule has 0 saturated carbocycles. The maximum absolute atomic E-state index is 12.1. The van der Waals surface area contributed by atoms with Crippen LogP contribution in [0.1, 0.15) is 151 Å². The number of unbranched alkanes of at least 4 members (excludes halogenated alkanes) is 6. The fraction of sp³-hybridized carbons (Fsp3) is 0.933. The molecule has 0 radical (unpaired) electrons. The van der Waals surface area contributed by atoms with Crippen LogP contribution in [0.25, 0.3) is 0 Å². The molecule has 4 heteroatoms. The minimum atomic E-state index is 0.230. The first kappa shape index (κ1) is 35.1. The van der Waals surface area contributed by atoms with Crippen LogP contribution >= 0.6 is 0 Å². The molecule has 0 aliphatic heterocycles. The molecule has 0 aromatic carbocycles. The minimum Gasteiger partial charge on any atom is -0.356 e. The van der Waals surface area contributed by atoms with Crippen molar-refractivity contribution < 1.29 is 9.59 Å². The SMILES string of the molecule is CCCCC(CC)CNC(=O)C(CC)CCCC.CCCCCCNC(=O)C(CC)CCCC. The van der Waals surface area contributed by atoms with E-state index >= 15 is 0 Å². The monoisotopic (exact) mass is 482 g/mol. The second-order valence-electron chi connectivity index (χ2n) is 10.0. The van der Waals surface area contributed by atoms with E-state index in [0.717, 1.165) is 45.2 Å². The molecule has 0 aromatic rings. The van der Waals surface area contributed by atoms with Gasteiger partial charge in [0.05, 0.1) is 0 Å². The molecule has 34 heavy (non-hydrogen) atoms. The van der Waals surface area contributed by atoms with Gasteiger partial charge in [0.25, 0.3) is 0 Å². The predicted molar refractivity (Wildman–Crippen MR) is 150 cm³/mol. The molecule has 3 unspecified atom stereocenters. The van der Waals surface area contributed by atoms with Crippen LogP contribution in [0.2, 0.25) is 0 Å². The second kappa shape index (κ2) is 26.5. The van der Waals surface area contributed by atoms with Crippen LogP contribution in [-0.2, 0) is 9.59 Å². The third-order valence-electron chi connectivity index (χ3n) is 6.98. The summed E-state index contributed by atoms with van der Waals surface area (Å²) < 4.78 is 0. The van der Waals surface area contributed by atoms with Gasteiger partial charge in [0.2, 0.25) is 11.8 Å². The summed E-state index contributed by atoms with van der Waals surface area (Å²) in [6, 6.07) is 0. The Hall–Kier alpha value is -1.06. The van der Waals surface area contributed by atoms with Crippen molar-refractivity contribution in [2.75, 3.05) is 13.1 Å². The summed E-state index contributed by atoms with van der Waals surface area (Å²) in [7, 11) is 0. The molecule has 204 valence electrons. The van der Waals surface area contributed by atoms with E-state index in [9.17, 15) is 9.59 Å². The van der Waals surface area contributed by atoms with E-state index in [4.69, 9.17) is 0 Å². The number of rotatable bonds is 21. The number of carbonyl (C=O) groups is 2. The second-order valence-corrected chi connectivity index (χ2v) is 10.0. The van der Waals surface area contributed by atoms with Gasteiger partial charge in [0, 0.05) is 24.9 Å². The maximum Gasteiger partial charge on any atom is 0.223 e. The van der Waals surface area contributed by atoms with E-state index in [1.807, 2.05) is 0 Å². The van der Waals surface area contributed by atoms with Gasteiger partial charge in [-0.15, -0.1) is 0 Å². The average Bonchev–Trinajstić information content (AvgIpc) is 2.85. The fourth-order valence-corrected chi connectivity index (χ4v) is 4.18. The zero-order valence-corrected chi connectivity index (χ0v) is 24.3. The van der Waals surface area contributed by atoms with Crippen LogP contribution in [0, 0.1) is 17.8 Å². The van der Waals surface area contributed by atoms with Gasteiger partial charge in [-0.05, 0) is 44.4 Å². The lowest BCUT2D eigenvalue weighted by molar-refractivity contribution is -0.126. The first-order valence-electron chi connectivity index (χ1n) is 15.0. The maximum atomic E-state index is 12.1. The molecule has 0 spiro atoms. The molecule has 0 rings (SSSR count). The molecule has 4 nitrogen and oxygen atoms in total. The summed E-state index contributed by atoms with van der Waals surface area (Å²) >= 11 is 0. The lowest BCUT2D eigenvalue weighted by Gasteiger charge is -2.19. The Labute approximate surface area is 214 Å². The van der Waals surface area contributed by atoms with E-state index in [-0.39, 0.29) is 23.7 Å². The molecule has 0 bridgehead atoms. The molecule has 0 aliphatic carbocycles. The van der Waals surface area contributed by atoms with E-state index in [0.29, 0.717) is 5.92 Å². The summed E-state index contributed by atoms with van der Waals surface area (Å²) in [5.74, 6) is 1.69. The highest BCUT2D eigenvalue weighted by Crippen LogP contribution is 2.15. The topological polar surface area (TPSA) is 58.2 Å². The molecule has 0 fully saturated rings. The van der Waals surface area contributed by atoms with E-state index in [1.54, 1.807) is 0 Å². The highest BCUT2D eigenvalue weighted by Gasteiger charge is 2.17. The first-order chi connectivity index (χ1) is 16.4. The molecule has 0 saturated heterocycles. The molecular weight excluding hydrogens is 420 g/mol. The Morgan fingerprint density at radius 2 is 1.00 bits per heavy atom. The lowest BCUT2D eigenvalue weighted by Crippen LogP contribution is -2.34. The number of hydrogen-bond donors (Lipinski definition) is 2. The van der Waals surface area contributed by atoms with Gasteiger partial charge in [-0.1, -0.05) is 113 Å². The van der Waals surface area contributed by atoms with Gasteiger partial charge in [0.1, 0.15) is 0 Å². The van der Waals surface area contributed by atoms with E-state index < -0.39 is 0 Å². The summed E-state index contributed by atoms with van der Waals surface area (Å²) in [5.41, 5.74) is 0. The van der Waals surface area contributed by atoms with Crippen molar-refractivity contribution in [3.05, 3.63) is 0 Å². The Morgan fingerprint density at radius 1 is 0.529 bits per heavy atom. The van der Waals surface area contributed by atoms with Crippen LogP contribution in [0.15, 0.2) is 0 Å². The van der Waals surface area contributed by atoms with Gasteiger partial charge < -0.3 is 10.6 Å². The van der Waals surface area contributed by atoms with Crippen molar-refractivity contribution >= 4 is 11.8 Å². The molecular formula is C30H62N2O2. The van der Waals surface area contributed by atoms with E-state index in [1.165, 1.54) is 70.6 Å². The van der Waals surface area contributed by atoms with Crippen LogP contribution in [0.4, 0.5) is 0 Å². The van der Waals surface area contributed by atoms with Crippen LogP contribution < -0.4 is 10.6 Å². The van der Waals surface area contributed by atoms with E-state index in [2.05, 4.69) is 59.1 Å². The van der Waals surface area contributed by atoms with Gasteiger partial charge in [-0.3, -0.25) is 9.59 Å². The quantitative estimate of drug-likeness (QED) is 0.161. The zero-order chi connectivity index (χ0) is 26.0. The van der Waals surface area contributed by atoms with Crippen LogP contribution in [-0.4, -0.2) is 24.9 Å². The van der Waals surface area contributed by atoms with Crippen LogP contribution in [0.3, 0.4) is 0 Å². The van der Waals surface area contributed by atoms with Crippen molar-refractivity contribution in [3.63, 3.8) is 0 Å². The van der Waals surface area contributed by atoms with Crippen molar-refractivity contribution in [1.82, 2.24) is 10.6 Å². The fourth-order valence-electron chi connectivity index (χ4n) is 4.18. The van der Waals surface area contributed by atoms with Crippen molar-refractivity contribution in [3.8, 4) is 0 Å². The molecule has 2 N–H and O–H groups in total. The summed E-state index contributed by atoms with van der Waals surface area (Å²) in [4.78, 5) is 23.9. The molecule has 0 heterocycles. The van der Waals surface area contributed by atoms with Gasteiger partial charge in [-0.2, -0.15) is 0 Å². The number of carbonyl (C=O) groups excluding carboxylic acids is 2. The highest BCUT2D eigenvalue weighted by molar-refractivity contribution is 5.78. The van der Waals surface area contributed by atoms with Gasteiger partial charge in [-0.25, -0.2) is 0 Å². The van der Waals surface area contributed by atoms with Gasteiger partial charge in [0.15, 0.2) is 0 Å². The standard InChI is InChI=1S/C16H33NO.C14H29NO/c1-5-9-11-14(7-3)13-17-16(18)15(8-4)12-10-6-2;1-4-7-9-10-12-15-14(16)13(6-3)11-8-5-2/h14-15H,5-13H2,1-4H3,(H,17,18);13H,4-12H2,1-3H3,(H,15,16). The van der Waals surface area contributed by atoms with Gasteiger partial charge >= 0.3 is 0 Å². The smallest absolute Gasteiger partial charge is 0.223 e. The Kier molecular flexibility index (Phi) is 27.4. The largest absolute Gasteiger partial charge is 0.356 e. The molecule has 0 aromatic heterocycles. The number of nitrogens with one attached hydrogen (secondary N) is 2. The summed E-state index contributed by atoms with van der Waals surface area (Å²) in [5, 5.41) is 6.23. The minimum absolute atomic E-state index is 0.230. The predicted octanol–water partition coefficient (Wildman–Crippen LogP) is 8.43. The first-order valence-corrected chi connectivity index (χ1v) is 15.0. The van der Waals surface area contributed by atoms with Crippen molar-refractivity contribution in [1.29, 1.82) is 0 Å². The number of hydrogen-bond acceptors (Lipinski definition) is 2.